The molecule has 0 atom stereocenters. The lowest BCUT2D eigenvalue weighted by Crippen LogP contribution is -2.12. The van der Waals surface area contributed by atoms with Crippen LogP contribution in [0.25, 0.3) is 10.1 Å². The number of carbonyl (C=O) groups is 1. The molecular weight excluding hydrogens is 313 g/mol. The minimum Gasteiger partial charge on any atom is -0.397 e. The Morgan fingerprint density at radius 1 is 1.38 bits per heavy atom. The number of pyridine rings is 1. The van der Waals surface area contributed by atoms with Crippen LogP contribution in [0.5, 0.6) is 0 Å². The topological polar surface area (TPSA) is 68.0 Å². The Hall–Kier alpha value is -2.18. The van der Waals surface area contributed by atoms with E-state index in [1.165, 1.54) is 23.5 Å². The molecule has 3 N–H and O–H groups in total. The predicted molar refractivity (Wildman–Crippen MR) is 83.4 cm³/mol. The first kappa shape index (κ1) is 13.8. The number of halogens is 2. The summed E-state index contributed by atoms with van der Waals surface area (Å²) in [5, 5.41) is 3.38. The van der Waals surface area contributed by atoms with Gasteiger partial charge in [0.1, 0.15) is 10.7 Å². The van der Waals surface area contributed by atoms with Crippen molar-refractivity contribution in [3.05, 3.63) is 52.4 Å². The molecule has 0 aliphatic heterocycles. The Morgan fingerprint density at radius 3 is 2.90 bits per heavy atom. The summed E-state index contributed by atoms with van der Waals surface area (Å²) in [7, 11) is 0. The largest absolute Gasteiger partial charge is 0.397 e. The van der Waals surface area contributed by atoms with Gasteiger partial charge in [-0.15, -0.1) is 11.3 Å². The van der Waals surface area contributed by atoms with Gasteiger partial charge in [-0.2, -0.15) is 0 Å². The molecule has 21 heavy (non-hydrogen) atoms. The third-order valence-electron chi connectivity index (χ3n) is 2.92. The summed E-state index contributed by atoms with van der Waals surface area (Å²) in [5.41, 5.74) is 6.68. The molecular formula is C14H9ClFN3OS. The van der Waals surface area contributed by atoms with Gasteiger partial charge in [-0.1, -0.05) is 11.6 Å². The second-order valence-electron chi connectivity index (χ2n) is 4.30. The molecule has 1 amide bonds. The second-order valence-corrected chi connectivity index (χ2v) is 5.76. The third kappa shape index (κ3) is 2.55. The molecule has 4 nitrogen and oxygen atoms in total. The Morgan fingerprint density at radius 2 is 2.19 bits per heavy atom. The summed E-state index contributed by atoms with van der Waals surface area (Å²) in [6.45, 7) is 0. The zero-order valence-corrected chi connectivity index (χ0v) is 12.1. The van der Waals surface area contributed by atoms with Crippen LogP contribution < -0.4 is 11.1 Å². The number of nitrogens with zero attached hydrogens (tertiary/aromatic N) is 1. The van der Waals surface area contributed by atoms with Crippen LogP contribution in [-0.2, 0) is 0 Å². The number of hydrogen-bond acceptors (Lipinski definition) is 4. The van der Waals surface area contributed by atoms with Gasteiger partial charge in [0, 0.05) is 23.5 Å². The SMILES string of the molecule is Nc1c(C(=O)Nc2ccc(Cl)c(F)c2)sc2cnccc12. The Bertz CT molecular complexity index is 849. The normalized spacial score (nSPS) is 10.8. The van der Waals surface area contributed by atoms with E-state index in [0.29, 0.717) is 16.3 Å². The molecule has 7 heteroatoms. The molecule has 2 heterocycles. The Kier molecular flexibility index (Phi) is 3.48. The first-order valence-electron chi connectivity index (χ1n) is 5.94. The summed E-state index contributed by atoms with van der Waals surface area (Å²) < 4.78 is 14.2. The average Bonchev–Trinajstić information content (AvgIpc) is 2.81. The van der Waals surface area contributed by atoms with Gasteiger partial charge < -0.3 is 11.1 Å². The fourth-order valence-electron chi connectivity index (χ4n) is 1.90. The van der Waals surface area contributed by atoms with E-state index in [-0.39, 0.29) is 5.02 Å². The van der Waals surface area contributed by atoms with Crippen LogP contribution in [0.3, 0.4) is 0 Å². The van der Waals surface area contributed by atoms with Crippen molar-refractivity contribution >= 4 is 50.3 Å². The van der Waals surface area contributed by atoms with Gasteiger partial charge in [0.15, 0.2) is 0 Å². The number of nitrogens with one attached hydrogen (secondary N) is 1. The van der Waals surface area contributed by atoms with Crippen molar-refractivity contribution in [2.24, 2.45) is 0 Å². The quantitative estimate of drug-likeness (QED) is 0.751. The van der Waals surface area contributed by atoms with E-state index in [1.807, 2.05) is 0 Å². The summed E-state index contributed by atoms with van der Waals surface area (Å²) >= 11 is 6.84. The molecule has 0 fully saturated rings. The highest BCUT2D eigenvalue weighted by Gasteiger charge is 2.16. The molecule has 0 spiro atoms. The maximum atomic E-state index is 13.4. The number of rotatable bonds is 2. The number of nitrogen functional groups attached to an aromatic ring is 1. The molecule has 3 aromatic rings. The van der Waals surface area contributed by atoms with Crippen molar-refractivity contribution in [3.63, 3.8) is 0 Å². The van der Waals surface area contributed by atoms with Crippen LogP contribution in [0.2, 0.25) is 5.02 Å². The average molecular weight is 322 g/mol. The summed E-state index contributed by atoms with van der Waals surface area (Å²) in [5.74, 6) is -0.988. The van der Waals surface area contributed by atoms with Crippen molar-refractivity contribution in [1.29, 1.82) is 0 Å². The molecule has 0 saturated carbocycles. The molecule has 1 aromatic carbocycles. The van der Waals surface area contributed by atoms with Crippen LogP contribution in [0.15, 0.2) is 36.7 Å². The zero-order valence-electron chi connectivity index (χ0n) is 10.6. The van der Waals surface area contributed by atoms with E-state index in [4.69, 9.17) is 17.3 Å². The van der Waals surface area contributed by atoms with E-state index in [1.54, 1.807) is 18.5 Å². The van der Waals surface area contributed by atoms with Crippen molar-refractivity contribution in [2.45, 2.75) is 0 Å². The molecule has 0 saturated heterocycles. The van der Waals surface area contributed by atoms with Gasteiger partial charge in [-0.3, -0.25) is 9.78 Å². The molecule has 0 unspecified atom stereocenters. The lowest BCUT2D eigenvalue weighted by atomic mass is 10.2. The molecule has 0 bridgehead atoms. The maximum Gasteiger partial charge on any atom is 0.267 e. The summed E-state index contributed by atoms with van der Waals surface area (Å²) in [4.78, 5) is 16.6. The number of aromatic nitrogens is 1. The Balaban J connectivity index is 1.93. The van der Waals surface area contributed by atoms with Crippen LogP contribution in [0.1, 0.15) is 9.67 Å². The predicted octanol–water partition coefficient (Wildman–Crippen LogP) is 3.92. The second kappa shape index (κ2) is 5.31. The fourth-order valence-corrected chi connectivity index (χ4v) is 3.00. The van der Waals surface area contributed by atoms with Crippen molar-refractivity contribution in [2.75, 3.05) is 11.1 Å². The number of benzene rings is 1. The van der Waals surface area contributed by atoms with Gasteiger partial charge in [-0.25, -0.2) is 4.39 Å². The number of nitrogens with two attached hydrogens (primary N) is 1. The first-order valence-corrected chi connectivity index (χ1v) is 7.14. The molecule has 3 rings (SSSR count). The zero-order chi connectivity index (χ0) is 15.0. The standard InChI is InChI=1S/C14H9ClFN3OS/c15-9-2-1-7(5-10(9)16)19-14(20)13-12(17)8-3-4-18-6-11(8)21-13/h1-6H,17H2,(H,19,20). The Labute approximate surface area is 128 Å². The molecule has 2 aromatic heterocycles. The summed E-state index contributed by atoms with van der Waals surface area (Å²) in [6, 6.07) is 5.81. The highest BCUT2D eigenvalue weighted by atomic mass is 35.5. The number of fused-ring (bicyclic) bond motifs is 1. The minimum atomic E-state index is -0.594. The summed E-state index contributed by atoms with van der Waals surface area (Å²) in [6.07, 6.45) is 3.26. The lowest BCUT2D eigenvalue weighted by Gasteiger charge is -2.05. The molecule has 0 aliphatic carbocycles. The van der Waals surface area contributed by atoms with Crippen LogP contribution in [0, 0.1) is 5.82 Å². The van der Waals surface area contributed by atoms with Crippen molar-refractivity contribution in [1.82, 2.24) is 4.98 Å². The van der Waals surface area contributed by atoms with Crippen LogP contribution in [0.4, 0.5) is 15.8 Å². The fraction of sp³-hybridized carbons (Fsp3) is 0. The highest BCUT2D eigenvalue weighted by molar-refractivity contribution is 7.21. The monoisotopic (exact) mass is 321 g/mol. The minimum absolute atomic E-state index is 0.000416. The van der Waals surface area contributed by atoms with Crippen molar-refractivity contribution in [3.8, 4) is 0 Å². The van der Waals surface area contributed by atoms with E-state index < -0.39 is 11.7 Å². The smallest absolute Gasteiger partial charge is 0.267 e. The first-order chi connectivity index (χ1) is 10.1. The van der Waals surface area contributed by atoms with Gasteiger partial charge in [-0.05, 0) is 24.3 Å². The number of hydrogen-bond donors (Lipinski definition) is 2. The molecule has 106 valence electrons. The van der Waals surface area contributed by atoms with Crippen LogP contribution in [-0.4, -0.2) is 10.9 Å². The molecule has 0 radical (unpaired) electrons. The van der Waals surface area contributed by atoms with Crippen LogP contribution >= 0.6 is 22.9 Å². The van der Waals surface area contributed by atoms with Gasteiger partial charge >= 0.3 is 0 Å². The lowest BCUT2D eigenvalue weighted by molar-refractivity contribution is 0.103. The number of anilines is 2. The number of amides is 1. The third-order valence-corrected chi connectivity index (χ3v) is 4.38. The van der Waals surface area contributed by atoms with E-state index in [2.05, 4.69) is 10.3 Å². The van der Waals surface area contributed by atoms with Crippen molar-refractivity contribution < 1.29 is 9.18 Å². The van der Waals surface area contributed by atoms with E-state index in [9.17, 15) is 9.18 Å². The number of thiophene rings is 1. The molecule has 0 aliphatic rings. The van der Waals surface area contributed by atoms with Gasteiger partial charge in [0.2, 0.25) is 0 Å². The highest BCUT2D eigenvalue weighted by Crippen LogP contribution is 2.33. The van der Waals surface area contributed by atoms with Gasteiger partial charge in [0.25, 0.3) is 5.91 Å². The number of carbonyl (C=O) groups excluding carboxylic acids is 1. The van der Waals surface area contributed by atoms with E-state index >= 15 is 0 Å². The maximum absolute atomic E-state index is 13.4. The van der Waals surface area contributed by atoms with Gasteiger partial charge in [0.05, 0.1) is 15.4 Å². The van der Waals surface area contributed by atoms with E-state index in [0.717, 1.165) is 16.2 Å².